The van der Waals surface area contributed by atoms with Crippen LogP contribution < -0.4 is 10.1 Å². The highest BCUT2D eigenvalue weighted by molar-refractivity contribution is 5.67. The van der Waals surface area contributed by atoms with E-state index in [0.29, 0.717) is 18.3 Å². The van der Waals surface area contributed by atoms with Crippen molar-refractivity contribution in [2.45, 2.75) is 6.42 Å². The number of oxazole rings is 1. The number of nitriles is 1. The van der Waals surface area contributed by atoms with Gasteiger partial charge in [-0.15, -0.1) is 0 Å². The Bertz CT molecular complexity index is 907. The highest BCUT2D eigenvalue weighted by Crippen LogP contribution is 2.19. The fourth-order valence-corrected chi connectivity index (χ4v) is 2.45. The smallest absolute Gasteiger partial charge is 0.232 e. The van der Waals surface area contributed by atoms with Crippen molar-refractivity contribution in [1.29, 1.82) is 5.26 Å². The highest BCUT2D eigenvalue weighted by Gasteiger charge is 2.10. The Hall–Kier alpha value is -3.52. The van der Waals surface area contributed by atoms with Gasteiger partial charge in [0.25, 0.3) is 0 Å². The summed E-state index contributed by atoms with van der Waals surface area (Å²) in [6.45, 7) is 0.637. The number of aromatic nitrogens is 1. The number of hydrogen-bond donors (Lipinski definition) is 1. The molecule has 0 spiro atoms. The first-order chi connectivity index (χ1) is 12.8. The van der Waals surface area contributed by atoms with E-state index in [1.807, 2.05) is 60.7 Å². The third-order valence-corrected chi connectivity index (χ3v) is 3.83. The minimum atomic E-state index is 0.257. The molecule has 0 saturated carbocycles. The summed E-state index contributed by atoms with van der Waals surface area (Å²) in [6.07, 6.45) is 4.45. The molecule has 0 unspecified atom stereocenters. The lowest BCUT2D eigenvalue weighted by molar-refractivity contribution is 0.414. The van der Waals surface area contributed by atoms with Crippen LogP contribution in [0.5, 0.6) is 5.75 Å². The Balaban J connectivity index is 1.61. The number of methoxy groups -OCH3 is 1. The molecule has 0 amide bonds. The van der Waals surface area contributed by atoms with Crippen LogP contribution in [0.2, 0.25) is 0 Å². The molecule has 0 aliphatic carbocycles. The zero-order chi connectivity index (χ0) is 18.2. The third kappa shape index (κ3) is 4.52. The van der Waals surface area contributed by atoms with Crippen molar-refractivity contribution < 1.29 is 9.15 Å². The molecule has 0 aliphatic heterocycles. The number of anilines is 1. The van der Waals surface area contributed by atoms with Crippen LogP contribution in [0.25, 0.3) is 12.2 Å². The molecule has 130 valence electrons. The van der Waals surface area contributed by atoms with Crippen LogP contribution in [-0.2, 0) is 6.42 Å². The fraction of sp³-hybridized carbons (Fsp3) is 0.143. The summed E-state index contributed by atoms with van der Waals surface area (Å²) >= 11 is 0. The van der Waals surface area contributed by atoms with E-state index < -0.39 is 0 Å². The van der Waals surface area contributed by atoms with Gasteiger partial charge in [0.1, 0.15) is 11.8 Å². The van der Waals surface area contributed by atoms with Crippen LogP contribution in [-0.4, -0.2) is 18.6 Å². The van der Waals surface area contributed by atoms with Gasteiger partial charge < -0.3 is 14.5 Å². The van der Waals surface area contributed by atoms with E-state index in [2.05, 4.69) is 16.4 Å². The highest BCUT2D eigenvalue weighted by atomic mass is 16.5. The maximum atomic E-state index is 9.24. The first kappa shape index (κ1) is 17.3. The average Bonchev–Trinajstić information content (AvgIpc) is 3.10. The number of hydrogen-bond acceptors (Lipinski definition) is 5. The normalized spacial score (nSPS) is 10.6. The van der Waals surface area contributed by atoms with Crippen LogP contribution >= 0.6 is 0 Å². The zero-order valence-corrected chi connectivity index (χ0v) is 14.5. The Morgan fingerprint density at radius 2 is 1.88 bits per heavy atom. The van der Waals surface area contributed by atoms with Crippen molar-refractivity contribution in [3.63, 3.8) is 0 Å². The second kappa shape index (κ2) is 8.54. The first-order valence-electron chi connectivity index (χ1n) is 8.29. The van der Waals surface area contributed by atoms with E-state index in [0.717, 1.165) is 17.7 Å². The van der Waals surface area contributed by atoms with Gasteiger partial charge in [0.05, 0.1) is 7.11 Å². The summed E-state index contributed by atoms with van der Waals surface area (Å²) in [5, 5.41) is 12.4. The van der Waals surface area contributed by atoms with Crippen molar-refractivity contribution in [2.24, 2.45) is 0 Å². The standard InChI is InChI=1S/C21H19N3O2/c1-25-18-10-7-17(8-11-18)13-14-23-21-19(15-22)24-20(26-21)12-9-16-5-3-2-4-6-16/h2-12,23H,13-14H2,1H3/b12-9+. The van der Waals surface area contributed by atoms with Gasteiger partial charge in [-0.2, -0.15) is 10.2 Å². The molecule has 1 N–H and O–H groups in total. The lowest BCUT2D eigenvalue weighted by Gasteiger charge is -2.04. The number of nitrogens with one attached hydrogen (secondary N) is 1. The lowest BCUT2D eigenvalue weighted by Crippen LogP contribution is -2.05. The zero-order valence-electron chi connectivity index (χ0n) is 14.5. The first-order valence-corrected chi connectivity index (χ1v) is 8.29. The fourth-order valence-electron chi connectivity index (χ4n) is 2.45. The molecule has 5 nitrogen and oxygen atoms in total. The summed E-state index contributed by atoms with van der Waals surface area (Å²) in [7, 11) is 1.65. The van der Waals surface area contributed by atoms with Crippen molar-refractivity contribution in [1.82, 2.24) is 4.98 Å². The van der Waals surface area contributed by atoms with Crippen LogP contribution in [0.1, 0.15) is 22.7 Å². The molecule has 0 atom stereocenters. The molecule has 1 heterocycles. The van der Waals surface area contributed by atoms with Crippen LogP contribution in [0, 0.1) is 11.3 Å². The van der Waals surface area contributed by atoms with Gasteiger partial charge in [-0.3, -0.25) is 0 Å². The van der Waals surface area contributed by atoms with Crippen molar-refractivity contribution in [2.75, 3.05) is 19.0 Å². The number of rotatable bonds is 7. The van der Waals surface area contributed by atoms with Crippen molar-refractivity contribution in [3.8, 4) is 11.8 Å². The lowest BCUT2D eigenvalue weighted by atomic mass is 10.1. The van der Waals surface area contributed by atoms with Gasteiger partial charge in [0, 0.05) is 12.6 Å². The van der Waals surface area contributed by atoms with Gasteiger partial charge in [-0.25, -0.2) is 0 Å². The van der Waals surface area contributed by atoms with Crippen LogP contribution in [0.4, 0.5) is 5.88 Å². The maximum Gasteiger partial charge on any atom is 0.232 e. The molecule has 3 aromatic rings. The molecule has 0 saturated heterocycles. The quantitative estimate of drug-likeness (QED) is 0.688. The van der Waals surface area contributed by atoms with Gasteiger partial charge >= 0.3 is 0 Å². The Morgan fingerprint density at radius 1 is 1.12 bits per heavy atom. The van der Waals surface area contributed by atoms with Crippen LogP contribution in [0.15, 0.2) is 59.0 Å². The van der Waals surface area contributed by atoms with Gasteiger partial charge in [-0.1, -0.05) is 42.5 Å². The van der Waals surface area contributed by atoms with E-state index >= 15 is 0 Å². The van der Waals surface area contributed by atoms with Gasteiger partial charge in [-0.05, 0) is 35.8 Å². The van der Waals surface area contributed by atoms with E-state index in [-0.39, 0.29) is 5.69 Å². The molecular formula is C21H19N3O2. The maximum absolute atomic E-state index is 9.24. The number of benzene rings is 2. The molecule has 2 aromatic carbocycles. The van der Waals surface area contributed by atoms with E-state index in [1.54, 1.807) is 13.2 Å². The molecule has 0 radical (unpaired) electrons. The summed E-state index contributed by atoms with van der Waals surface area (Å²) in [5.74, 6) is 1.63. The van der Waals surface area contributed by atoms with E-state index in [1.165, 1.54) is 5.56 Å². The Kier molecular flexibility index (Phi) is 5.69. The minimum absolute atomic E-state index is 0.257. The predicted molar refractivity (Wildman–Crippen MR) is 102 cm³/mol. The largest absolute Gasteiger partial charge is 0.497 e. The summed E-state index contributed by atoms with van der Waals surface area (Å²) in [5.41, 5.74) is 2.46. The van der Waals surface area contributed by atoms with Crippen LogP contribution in [0.3, 0.4) is 0 Å². The number of nitrogens with zero attached hydrogens (tertiary/aromatic N) is 2. The van der Waals surface area contributed by atoms with Gasteiger partial charge in [0.2, 0.25) is 17.5 Å². The second-order valence-electron chi connectivity index (χ2n) is 5.61. The second-order valence-corrected chi connectivity index (χ2v) is 5.61. The average molecular weight is 345 g/mol. The summed E-state index contributed by atoms with van der Waals surface area (Å²) in [4.78, 5) is 4.20. The van der Waals surface area contributed by atoms with E-state index in [4.69, 9.17) is 9.15 Å². The molecule has 3 rings (SSSR count). The predicted octanol–water partition coefficient (Wildman–Crippen LogP) is 4.38. The SMILES string of the molecule is COc1ccc(CCNc2oc(/C=C/c3ccccc3)nc2C#N)cc1. The molecular weight excluding hydrogens is 326 g/mol. The van der Waals surface area contributed by atoms with Crippen molar-refractivity contribution >= 4 is 18.0 Å². The third-order valence-electron chi connectivity index (χ3n) is 3.83. The topological polar surface area (TPSA) is 71.1 Å². The van der Waals surface area contributed by atoms with Gasteiger partial charge in [0.15, 0.2) is 0 Å². The minimum Gasteiger partial charge on any atom is -0.497 e. The molecule has 5 heteroatoms. The molecule has 26 heavy (non-hydrogen) atoms. The van der Waals surface area contributed by atoms with Crippen molar-refractivity contribution in [3.05, 3.63) is 77.3 Å². The Labute approximate surface area is 152 Å². The summed E-state index contributed by atoms with van der Waals surface area (Å²) in [6, 6.07) is 19.8. The molecule has 0 aliphatic rings. The summed E-state index contributed by atoms with van der Waals surface area (Å²) < 4.78 is 10.8. The molecule has 1 aromatic heterocycles. The Morgan fingerprint density at radius 3 is 2.58 bits per heavy atom. The molecule has 0 bridgehead atoms. The van der Waals surface area contributed by atoms with E-state index in [9.17, 15) is 5.26 Å². The molecule has 0 fully saturated rings. The number of ether oxygens (including phenoxy) is 1. The monoisotopic (exact) mass is 345 g/mol.